The minimum atomic E-state index is -0.806. The molecule has 0 unspecified atom stereocenters. The molecule has 0 spiro atoms. The lowest BCUT2D eigenvalue weighted by Crippen LogP contribution is -2.37. The summed E-state index contributed by atoms with van der Waals surface area (Å²) in [4.78, 5) is 17.1. The number of hydrogen-bond donors (Lipinski definition) is 3. The third-order valence-corrected chi connectivity index (χ3v) is 5.10. The first-order valence-electron chi connectivity index (χ1n) is 8.17. The average Bonchev–Trinajstić information content (AvgIpc) is 3.11. The highest BCUT2D eigenvalue weighted by atomic mass is 32.1. The largest absolute Gasteiger partial charge is 0.508 e. The molecule has 3 rings (SSSR count). The quantitative estimate of drug-likeness (QED) is 0.625. The van der Waals surface area contributed by atoms with Crippen molar-refractivity contribution in [3.05, 3.63) is 71.2 Å². The second-order valence-electron chi connectivity index (χ2n) is 6.63. The first kappa shape index (κ1) is 17.9. The Bertz CT molecular complexity index is 827. The number of nitrogens with one attached hydrogen (secondary N) is 1. The van der Waals surface area contributed by atoms with Crippen LogP contribution < -0.4 is 5.32 Å². The molecule has 1 aromatic heterocycles. The van der Waals surface area contributed by atoms with Gasteiger partial charge in [0.25, 0.3) is 0 Å². The van der Waals surface area contributed by atoms with Gasteiger partial charge < -0.3 is 15.5 Å². The van der Waals surface area contributed by atoms with E-state index in [9.17, 15) is 15.0 Å². The summed E-state index contributed by atoms with van der Waals surface area (Å²) in [6.45, 7) is 3.75. The van der Waals surface area contributed by atoms with Crippen molar-refractivity contribution in [1.29, 1.82) is 0 Å². The molecule has 0 aliphatic heterocycles. The number of benzene rings is 2. The number of thiazole rings is 1. The van der Waals surface area contributed by atoms with E-state index in [-0.39, 0.29) is 23.3 Å². The van der Waals surface area contributed by atoms with E-state index in [4.69, 9.17) is 0 Å². The molecule has 0 saturated carbocycles. The Labute approximate surface area is 156 Å². The summed E-state index contributed by atoms with van der Waals surface area (Å²) < 4.78 is 0. The van der Waals surface area contributed by atoms with Crippen LogP contribution in [-0.2, 0) is 4.79 Å². The molecule has 5 nitrogen and oxygen atoms in total. The number of nitrogens with zero attached hydrogens (tertiary/aromatic N) is 1. The molecule has 0 fully saturated rings. The van der Waals surface area contributed by atoms with Crippen LogP contribution in [-0.4, -0.2) is 21.1 Å². The van der Waals surface area contributed by atoms with Gasteiger partial charge in [-0.3, -0.25) is 4.79 Å². The van der Waals surface area contributed by atoms with Gasteiger partial charge >= 0.3 is 0 Å². The highest BCUT2D eigenvalue weighted by Crippen LogP contribution is 2.42. The Morgan fingerprint density at radius 3 is 1.92 bits per heavy atom. The topological polar surface area (TPSA) is 82.5 Å². The molecule has 3 N–H and O–H groups in total. The highest BCUT2D eigenvalue weighted by molar-refractivity contribution is 7.13. The van der Waals surface area contributed by atoms with Gasteiger partial charge in [0.2, 0.25) is 5.91 Å². The number of carbonyl (C=O) groups is 1. The van der Waals surface area contributed by atoms with Crippen LogP contribution in [0.3, 0.4) is 0 Å². The molecular weight excluding hydrogens is 348 g/mol. The lowest BCUT2D eigenvalue weighted by molar-refractivity contribution is -0.124. The Balaban J connectivity index is 2.02. The van der Waals surface area contributed by atoms with Crippen LogP contribution in [0.2, 0.25) is 0 Å². The van der Waals surface area contributed by atoms with Crippen LogP contribution in [0.4, 0.5) is 5.13 Å². The molecule has 134 valence electrons. The number of carbonyl (C=O) groups excluding carboxylic acids is 1. The fourth-order valence-corrected chi connectivity index (χ4v) is 3.56. The van der Waals surface area contributed by atoms with Crippen molar-refractivity contribution in [2.75, 3.05) is 5.32 Å². The zero-order chi connectivity index (χ0) is 18.7. The number of phenols is 2. The fourth-order valence-electron chi connectivity index (χ4n) is 3.03. The average molecular weight is 368 g/mol. The van der Waals surface area contributed by atoms with Crippen LogP contribution in [0.5, 0.6) is 11.5 Å². The van der Waals surface area contributed by atoms with Gasteiger partial charge in [0.05, 0.1) is 5.41 Å². The fraction of sp³-hybridized carbons (Fsp3) is 0.200. The molecule has 1 heterocycles. The van der Waals surface area contributed by atoms with Crippen molar-refractivity contribution >= 4 is 22.4 Å². The van der Waals surface area contributed by atoms with Gasteiger partial charge in [0.1, 0.15) is 11.5 Å². The maximum atomic E-state index is 13.0. The van der Waals surface area contributed by atoms with E-state index in [1.54, 1.807) is 35.8 Å². The number of anilines is 1. The molecule has 2 aromatic carbocycles. The summed E-state index contributed by atoms with van der Waals surface area (Å²) in [6.07, 6.45) is 1.64. The van der Waals surface area contributed by atoms with Gasteiger partial charge in [-0.2, -0.15) is 0 Å². The standard InChI is InChI=1S/C20H20N2O3S/c1-20(2,18(25)22-19-21-11-12-26-19)17(13-3-7-15(23)8-4-13)14-5-9-16(24)10-6-14/h3-12,17,23-24H,1-2H3,(H,21,22,25). The summed E-state index contributed by atoms with van der Waals surface area (Å²) in [5.74, 6) is -0.0891. The Morgan fingerprint density at radius 2 is 1.50 bits per heavy atom. The zero-order valence-corrected chi connectivity index (χ0v) is 15.3. The normalized spacial score (nSPS) is 11.5. The van der Waals surface area contributed by atoms with E-state index in [0.717, 1.165) is 11.1 Å². The van der Waals surface area contributed by atoms with Crippen molar-refractivity contribution in [1.82, 2.24) is 4.98 Å². The van der Waals surface area contributed by atoms with Gasteiger partial charge in [0.15, 0.2) is 5.13 Å². The maximum absolute atomic E-state index is 13.0. The maximum Gasteiger partial charge on any atom is 0.232 e. The van der Waals surface area contributed by atoms with Crippen LogP contribution in [0.1, 0.15) is 30.9 Å². The molecule has 0 saturated heterocycles. The molecule has 6 heteroatoms. The lowest BCUT2D eigenvalue weighted by Gasteiger charge is -2.33. The minimum Gasteiger partial charge on any atom is -0.508 e. The third kappa shape index (κ3) is 3.70. The van der Waals surface area contributed by atoms with Crippen molar-refractivity contribution in [3.63, 3.8) is 0 Å². The van der Waals surface area contributed by atoms with Gasteiger partial charge in [-0.1, -0.05) is 38.1 Å². The number of hydrogen-bond acceptors (Lipinski definition) is 5. The molecule has 0 radical (unpaired) electrons. The second-order valence-corrected chi connectivity index (χ2v) is 7.52. The van der Waals surface area contributed by atoms with Crippen molar-refractivity contribution in [2.45, 2.75) is 19.8 Å². The summed E-state index contributed by atoms with van der Waals surface area (Å²) in [7, 11) is 0. The van der Waals surface area contributed by atoms with Crippen LogP contribution in [0.25, 0.3) is 0 Å². The van der Waals surface area contributed by atoms with E-state index >= 15 is 0 Å². The van der Waals surface area contributed by atoms with Gasteiger partial charge in [0, 0.05) is 17.5 Å². The molecule has 3 aromatic rings. The molecule has 26 heavy (non-hydrogen) atoms. The van der Waals surface area contributed by atoms with Gasteiger partial charge in [-0.25, -0.2) is 4.98 Å². The highest BCUT2D eigenvalue weighted by Gasteiger charge is 2.39. The van der Waals surface area contributed by atoms with E-state index in [1.165, 1.54) is 11.3 Å². The first-order chi connectivity index (χ1) is 12.4. The predicted molar refractivity (Wildman–Crippen MR) is 103 cm³/mol. The first-order valence-corrected chi connectivity index (χ1v) is 9.04. The van der Waals surface area contributed by atoms with Crippen molar-refractivity contribution < 1.29 is 15.0 Å². The smallest absolute Gasteiger partial charge is 0.232 e. The van der Waals surface area contributed by atoms with Crippen molar-refractivity contribution in [2.24, 2.45) is 5.41 Å². The molecule has 1 amide bonds. The number of aromatic hydroxyl groups is 2. The molecule has 0 bridgehead atoms. The molecule has 0 aliphatic carbocycles. The number of aromatic nitrogens is 1. The monoisotopic (exact) mass is 368 g/mol. The molecular formula is C20H20N2O3S. The Morgan fingerprint density at radius 1 is 1.00 bits per heavy atom. The molecule has 0 aliphatic rings. The SMILES string of the molecule is CC(C)(C(=O)Nc1nccs1)C(c1ccc(O)cc1)c1ccc(O)cc1. The predicted octanol–water partition coefficient (Wildman–Crippen LogP) is 4.35. The van der Waals surface area contributed by atoms with Crippen LogP contribution >= 0.6 is 11.3 Å². The number of amides is 1. The summed E-state index contributed by atoms with van der Waals surface area (Å²) in [5.41, 5.74) is 0.986. The van der Waals surface area contributed by atoms with Crippen molar-refractivity contribution in [3.8, 4) is 11.5 Å². The van der Waals surface area contributed by atoms with E-state index in [2.05, 4.69) is 10.3 Å². The van der Waals surface area contributed by atoms with E-state index in [0.29, 0.717) is 5.13 Å². The van der Waals surface area contributed by atoms with Gasteiger partial charge in [-0.15, -0.1) is 11.3 Å². The minimum absolute atomic E-state index is 0.154. The Hall–Kier alpha value is -2.86. The third-order valence-electron chi connectivity index (χ3n) is 4.41. The zero-order valence-electron chi connectivity index (χ0n) is 14.5. The van der Waals surface area contributed by atoms with E-state index in [1.807, 2.05) is 38.1 Å². The van der Waals surface area contributed by atoms with Gasteiger partial charge in [-0.05, 0) is 35.4 Å². The second kappa shape index (κ2) is 7.17. The van der Waals surface area contributed by atoms with Crippen LogP contribution in [0.15, 0.2) is 60.1 Å². The van der Waals surface area contributed by atoms with E-state index < -0.39 is 5.41 Å². The van der Waals surface area contributed by atoms with Crippen LogP contribution in [0, 0.1) is 5.41 Å². The molecule has 0 atom stereocenters. The summed E-state index contributed by atoms with van der Waals surface area (Å²) in [6, 6.07) is 13.7. The summed E-state index contributed by atoms with van der Waals surface area (Å²) in [5, 5.41) is 24.5. The Kier molecular flexibility index (Phi) is 4.95. The lowest BCUT2D eigenvalue weighted by atomic mass is 9.70. The number of rotatable bonds is 5. The summed E-state index contributed by atoms with van der Waals surface area (Å²) >= 11 is 1.37. The number of phenolic OH excluding ortho intramolecular Hbond substituents is 2.